The molecule has 0 aliphatic heterocycles. The van der Waals surface area contributed by atoms with E-state index in [1.165, 1.54) is 12.1 Å². The highest BCUT2D eigenvalue weighted by Crippen LogP contribution is 2.22. The smallest absolute Gasteiger partial charge is 0.408 e. The molecule has 2 rings (SSSR count). The Bertz CT molecular complexity index is 765. The van der Waals surface area contributed by atoms with E-state index in [1.54, 1.807) is 12.1 Å². The quantitative estimate of drug-likeness (QED) is 0.585. The molecule has 1 amide bonds. The minimum atomic E-state index is -0.539. The molecule has 138 valence electrons. The van der Waals surface area contributed by atoms with Crippen LogP contribution in [-0.2, 0) is 4.74 Å². The number of non-ortho nitro benzene ring substituents is 1. The van der Waals surface area contributed by atoms with Crippen LogP contribution in [0.4, 0.5) is 21.9 Å². The fourth-order valence-electron chi connectivity index (χ4n) is 2.26. The first-order valence-electron chi connectivity index (χ1n) is 8.25. The Kier molecular flexibility index (Phi) is 5.82. The Hall–Kier alpha value is -3.09. The van der Waals surface area contributed by atoms with Gasteiger partial charge in [0.25, 0.3) is 5.69 Å². The van der Waals surface area contributed by atoms with Crippen LogP contribution in [0.15, 0.2) is 48.5 Å². The van der Waals surface area contributed by atoms with Gasteiger partial charge in [-0.05, 0) is 57.5 Å². The van der Waals surface area contributed by atoms with Crippen molar-refractivity contribution in [3.8, 4) is 0 Å². The summed E-state index contributed by atoms with van der Waals surface area (Å²) in [5, 5.41) is 16.6. The second kappa shape index (κ2) is 7.86. The largest absolute Gasteiger partial charge is 0.444 e. The van der Waals surface area contributed by atoms with Crippen molar-refractivity contribution in [2.24, 2.45) is 0 Å². The summed E-state index contributed by atoms with van der Waals surface area (Å²) in [4.78, 5) is 22.1. The summed E-state index contributed by atoms with van der Waals surface area (Å²) >= 11 is 0. The van der Waals surface area contributed by atoms with Gasteiger partial charge >= 0.3 is 6.09 Å². The molecule has 0 heterocycles. The monoisotopic (exact) mass is 357 g/mol. The van der Waals surface area contributed by atoms with E-state index < -0.39 is 16.6 Å². The van der Waals surface area contributed by atoms with Crippen molar-refractivity contribution >= 4 is 23.2 Å². The average molecular weight is 357 g/mol. The number of nitro groups is 1. The second-order valence-electron chi connectivity index (χ2n) is 6.92. The van der Waals surface area contributed by atoms with Gasteiger partial charge in [0.15, 0.2) is 0 Å². The average Bonchev–Trinajstić information content (AvgIpc) is 2.54. The minimum absolute atomic E-state index is 0.0490. The number of nitrogens with zero attached hydrogens (tertiary/aromatic N) is 1. The molecule has 2 aromatic carbocycles. The standard InChI is InChI=1S/C19H23N3O4/c1-13(20-18(23)26-19(2,3)4)14-5-7-15(8-6-14)21-16-9-11-17(12-10-16)22(24)25/h5-13,21H,1-4H3,(H,20,23). The van der Waals surface area contributed by atoms with Crippen molar-refractivity contribution in [3.05, 3.63) is 64.2 Å². The summed E-state index contributed by atoms with van der Waals surface area (Å²) in [5.41, 5.74) is 2.04. The van der Waals surface area contributed by atoms with Crippen LogP contribution in [0, 0.1) is 10.1 Å². The molecule has 0 saturated heterocycles. The number of alkyl carbamates (subject to hydrolysis) is 1. The summed E-state index contributed by atoms with van der Waals surface area (Å²) in [6.07, 6.45) is -0.460. The lowest BCUT2D eigenvalue weighted by Gasteiger charge is -2.22. The Morgan fingerprint density at radius 3 is 2.00 bits per heavy atom. The topological polar surface area (TPSA) is 93.5 Å². The van der Waals surface area contributed by atoms with Gasteiger partial charge in [-0.2, -0.15) is 0 Å². The number of benzene rings is 2. The maximum atomic E-state index is 11.8. The van der Waals surface area contributed by atoms with E-state index in [0.717, 1.165) is 16.9 Å². The SMILES string of the molecule is CC(NC(=O)OC(C)(C)C)c1ccc(Nc2ccc([N+](=O)[O-])cc2)cc1. The normalized spacial score (nSPS) is 12.2. The van der Waals surface area contributed by atoms with Gasteiger partial charge in [0.2, 0.25) is 0 Å². The number of carbonyl (C=O) groups is 1. The van der Waals surface area contributed by atoms with Crippen molar-refractivity contribution in [3.63, 3.8) is 0 Å². The molecule has 0 aliphatic rings. The predicted octanol–water partition coefficient (Wildman–Crippen LogP) is 4.92. The molecule has 2 N–H and O–H groups in total. The summed E-state index contributed by atoms with van der Waals surface area (Å²) in [7, 11) is 0. The van der Waals surface area contributed by atoms with Crippen LogP contribution in [-0.4, -0.2) is 16.6 Å². The fourth-order valence-corrected chi connectivity index (χ4v) is 2.26. The van der Waals surface area contributed by atoms with Crippen LogP contribution in [0.2, 0.25) is 0 Å². The van der Waals surface area contributed by atoms with Gasteiger partial charge in [-0.1, -0.05) is 12.1 Å². The molecule has 1 unspecified atom stereocenters. The Morgan fingerprint density at radius 2 is 1.54 bits per heavy atom. The van der Waals surface area contributed by atoms with Gasteiger partial charge in [-0.25, -0.2) is 4.79 Å². The molecule has 2 aromatic rings. The molecule has 0 radical (unpaired) electrons. The number of amides is 1. The van der Waals surface area contributed by atoms with E-state index in [1.807, 2.05) is 52.0 Å². The van der Waals surface area contributed by atoms with E-state index >= 15 is 0 Å². The first-order valence-corrected chi connectivity index (χ1v) is 8.25. The number of ether oxygens (including phenoxy) is 1. The third kappa shape index (κ3) is 5.77. The third-order valence-electron chi connectivity index (χ3n) is 3.51. The summed E-state index contributed by atoms with van der Waals surface area (Å²) < 4.78 is 5.25. The Labute approximate surface area is 152 Å². The van der Waals surface area contributed by atoms with Crippen LogP contribution in [0.3, 0.4) is 0 Å². The zero-order chi connectivity index (χ0) is 19.3. The number of hydrogen-bond donors (Lipinski definition) is 2. The van der Waals surface area contributed by atoms with Gasteiger partial charge in [-0.15, -0.1) is 0 Å². The highest BCUT2D eigenvalue weighted by Gasteiger charge is 2.18. The van der Waals surface area contributed by atoms with Crippen molar-refractivity contribution in [2.45, 2.75) is 39.3 Å². The van der Waals surface area contributed by atoms with Crippen molar-refractivity contribution in [2.75, 3.05) is 5.32 Å². The molecule has 1 atom stereocenters. The summed E-state index contributed by atoms with van der Waals surface area (Å²) in [6.45, 7) is 7.32. The lowest BCUT2D eigenvalue weighted by Crippen LogP contribution is -2.34. The van der Waals surface area contributed by atoms with Crippen molar-refractivity contribution in [1.82, 2.24) is 5.32 Å². The molecule has 0 aromatic heterocycles. The van der Waals surface area contributed by atoms with Gasteiger partial charge in [-0.3, -0.25) is 10.1 Å². The minimum Gasteiger partial charge on any atom is -0.444 e. The lowest BCUT2D eigenvalue weighted by atomic mass is 10.1. The zero-order valence-electron chi connectivity index (χ0n) is 15.3. The molecule has 26 heavy (non-hydrogen) atoms. The Morgan fingerprint density at radius 1 is 1.04 bits per heavy atom. The van der Waals surface area contributed by atoms with Gasteiger partial charge in [0, 0.05) is 23.5 Å². The van der Waals surface area contributed by atoms with Gasteiger partial charge in [0.05, 0.1) is 11.0 Å². The molecular weight excluding hydrogens is 334 g/mol. The van der Waals surface area contributed by atoms with Crippen LogP contribution in [0.5, 0.6) is 0 Å². The second-order valence-corrected chi connectivity index (χ2v) is 6.92. The maximum absolute atomic E-state index is 11.8. The molecule has 0 spiro atoms. The summed E-state index contributed by atoms with van der Waals surface area (Å²) in [6, 6.07) is 13.6. The van der Waals surface area contributed by atoms with Crippen LogP contribution >= 0.6 is 0 Å². The molecule has 0 saturated carbocycles. The van der Waals surface area contributed by atoms with Crippen molar-refractivity contribution < 1.29 is 14.5 Å². The molecule has 7 heteroatoms. The van der Waals surface area contributed by atoms with Crippen LogP contribution in [0.25, 0.3) is 0 Å². The number of hydrogen-bond acceptors (Lipinski definition) is 5. The van der Waals surface area contributed by atoms with E-state index in [4.69, 9.17) is 4.74 Å². The zero-order valence-corrected chi connectivity index (χ0v) is 15.3. The lowest BCUT2D eigenvalue weighted by molar-refractivity contribution is -0.384. The summed E-state index contributed by atoms with van der Waals surface area (Å²) in [5.74, 6) is 0. The number of nitro benzene ring substituents is 1. The van der Waals surface area contributed by atoms with Crippen LogP contribution in [0.1, 0.15) is 39.3 Å². The Balaban J connectivity index is 1.96. The first-order chi connectivity index (χ1) is 12.1. The third-order valence-corrected chi connectivity index (χ3v) is 3.51. The molecule has 0 fully saturated rings. The highest BCUT2D eigenvalue weighted by atomic mass is 16.6. The van der Waals surface area contributed by atoms with E-state index in [2.05, 4.69) is 10.6 Å². The van der Waals surface area contributed by atoms with E-state index in [0.29, 0.717) is 0 Å². The predicted molar refractivity (Wildman–Crippen MR) is 101 cm³/mol. The number of anilines is 2. The maximum Gasteiger partial charge on any atom is 0.408 e. The number of nitrogens with one attached hydrogen (secondary N) is 2. The molecule has 0 aliphatic carbocycles. The number of carbonyl (C=O) groups excluding carboxylic acids is 1. The number of rotatable bonds is 5. The van der Waals surface area contributed by atoms with E-state index in [9.17, 15) is 14.9 Å². The molecule has 0 bridgehead atoms. The van der Waals surface area contributed by atoms with Gasteiger partial charge < -0.3 is 15.4 Å². The first kappa shape index (κ1) is 19.2. The van der Waals surface area contributed by atoms with Gasteiger partial charge in [0.1, 0.15) is 5.60 Å². The highest BCUT2D eigenvalue weighted by molar-refractivity contribution is 5.68. The van der Waals surface area contributed by atoms with Crippen molar-refractivity contribution in [1.29, 1.82) is 0 Å². The van der Waals surface area contributed by atoms with Crippen LogP contribution < -0.4 is 10.6 Å². The molecular formula is C19H23N3O4. The fraction of sp³-hybridized carbons (Fsp3) is 0.316. The van der Waals surface area contributed by atoms with E-state index in [-0.39, 0.29) is 11.7 Å². The molecule has 7 nitrogen and oxygen atoms in total.